The van der Waals surface area contributed by atoms with E-state index < -0.39 is 17.7 Å². The van der Waals surface area contributed by atoms with Gasteiger partial charge < -0.3 is 10.6 Å². The van der Waals surface area contributed by atoms with Gasteiger partial charge in [-0.15, -0.1) is 0 Å². The Bertz CT molecular complexity index is 1020. The minimum Gasteiger partial charge on any atom is -0.308 e. The Hall–Kier alpha value is -3.80. The summed E-state index contributed by atoms with van der Waals surface area (Å²) in [5.74, 6) is -1.77. The number of carbonyl (C=O) groups is 2. The monoisotopic (exact) mass is 378 g/mol. The molecular formula is C22H16F2N2O2. The van der Waals surface area contributed by atoms with Crippen molar-refractivity contribution in [2.24, 2.45) is 0 Å². The molecule has 140 valence electrons. The number of ketones is 1. The van der Waals surface area contributed by atoms with Crippen LogP contribution >= 0.6 is 0 Å². The molecule has 0 heterocycles. The fourth-order valence-corrected chi connectivity index (χ4v) is 2.43. The van der Waals surface area contributed by atoms with Crippen molar-refractivity contribution in [2.75, 3.05) is 10.6 Å². The second-order valence-electron chi connectivity index (χ2n) is 5.89. The molecule has 0 saturated carbocycles. The fraction of sp³-hybridized carbons (Fsp3) is 0. The summed E-state index contributed by atoms with van der Waals surface area (Å²) in [7, 11) is 0. The number of urea groups is 1. The number of anilines is 2. The highest BCUT2D eigenvalue weighted by Gasteiger charge is 2.06. The van der Waals surface area contributed by atoms with E-state index >= 15 is 0 Å². The maximum absolute atomic E-state index is 13.6. The summed E-state index contributed by atoms with van der Waals surface area (Å²) in [4.78, 5) is 24.1. The van der Waals surface area contributed by atoms with Gasteiger partial charge in [0.15, 0.2) is 5.78 Å². The molecular weight excluding hydrogens is 362 g/mol. The van der Waals surface area contributed by atoms with Crippen molar-refractivity contribution in [3.8, 4) is 0 Å². The minimum absolute atomic E-state index is 0.116. The predicted octanol–water partition coefficient (Wildman–Crippen LogP) is 5.50. The van der Waals surface area contributed by atoms with E-state index in [0.717, 1.165) is 12.1 Å². The molecule has 28 heavy (non-hydrogen) atoms. The van der Waals surface area contributed by atoms with Gasteiger partial charge in [-0.05, 0) is 60.7 Å². The first-order valence-electron chi connectivity index (χ1n) is 8.42. The lowest BCUT2D eigenvalue weighted by molar-refractivity contribution is 0.104. The molecule has 0 fully saturated rings. The Kier molecular flexibility index (Phi) is 5.91. The van der Waals surface area contributed by atoms with Crippen molar-refractivity contribution in [3.05, 3.63) is 102 Å². The Labute approximate surface area is 160 Å². The van der Waals surface area contributed by atoms with E-state index in [1.165, 1.54) is 18.2 Å². The summed E-state index contributed by atoms with van der Waals surface area (Å²) in [5.41, 5.74) is 1.65. The molecule has 6 heteroatoms. The van der Waals surface area contributed by atoms with Gasteiger partial charge in [0.2, 0.25) is 0 Å². The Morgan fingerprint density at radius 1 is 0.786 bits per heavy atom. The highest BCUT2D eigenvalue weighted by atomic mass is 19.1. The van der Waals surface area contributed by atoms with Crippen LogP contribution in [0.25, 0.3) is 6.08 Å². The van der Waals surface area contributed by atoms with Crippen LogP contribution in [0.2, 0.25) is 0 Å². The first-order chi connectivity index (χ1) is 13.5. The summed E-state index contributed by atoms with van der Waals surface area (Å²) in [6.07, 6.45) is 2.50. The third-order valence-corrected chi connectivity index (χ3v) is 3.84. The SMILES string of the molecule is O=C(Nc1ccccc1)Nc1ccc(C(=O)/C=C/c2ccc(F)cc2F)cc1. The fourth-order valence-electron chi connectivity index (χ4n) is 2.43. The summed E-state index contributed by atoms with van der Waals surface area (Å²) in [6.45, 7) is 0. The number of carbonyl (C=O) groups excluding carboxylic acids is 2. The molecule has 4 nitrogen and oxygen atoms in total. The van der Waals surface area contributed by atoms with Gasteiger partial charge in [-0.1, -0.05) is 18.2 Å². The number of rotatable bonds is 5. The molecule has 0 atom stereocenters. The average Bonchev–Trinajstić information content (AvgIpc) is 2.68. The average molecular weight is 378 g/mol. The molecule has 0 radical (unpaired) electrons. The van der Waals surface area contributed by atoms with Crippen LogP contribution in [-0.2, 0) is 0 Å². The molecule has 2 N–H and O–H groups in total. The van der Waals surface area contributed by atoms with Crippen molar-refractivity contribution < 1.29 is 18.4 Å². The van der Waals surface area contributed by atoms with Crippen LogP contribution in [-0.4, -0.2) is 11.8 Å². The van der Waals surface area contributed by atoms with Crippen molar-refractivity contribution in [3.63, 3.8) is 0 Å². The summed E-state index contributed by atoms with van der Waals surface area (Å²) in [6, 6.07) is 18.0. The Morgan fingerprint density at radius 2 is 1.43 bits per heavy atom. The molecule has 3 aromatic rings. The van der Waals surface area contributed by atoms with Crippen LogP contribution in [0.15, 0.2) is 78.9 Å². The van der Waals surface area contributed by atoms with E-state index in [2.05, 4.69) is 10.6 Å². The van der Waals surface area contributed by atoms with Crippen LogP contribution in [0.4, 0.5) is 25.0 Å². The van der Waals surface area contributed by atoms with Gasteiger partial charge in [0.1, 0.15) is 11.6 Å². The van der Waals surface area contributed by atoms with E-state index in [0.29, 0.717) is 16.9 Å². The lowest BCUT2D eigenvalue weighted by atomic mass is 10.1. The lowest BCUT2D eigenvalue weighted by Crippen LogP contribution is -2.19. The Balaban J connectivity index is 1.61. The molecule has 0 aliphatic heterocycles. The predicted molar refractivity (Wildman–Crippen MR) is 105 cm³/mol. The van der Waals surface area contributed by atoms with E-state index in [1.54, 1.807) is 48.5 Å². The van der Waals surface area contributed by atoms with Crippen LogP contribution in [0, 0.1) is 11.6 Å². The number of nitrogens with one attached hydrogen (secondary N) is 2. The quantitative estimate of drug-likeness (QED) is 0.455. The second-order valence-corrected chi connectivity index (χ2v) is 5.89. The smallest absolute Gasteiger partial charge is 0.308 e. The molecule has 0 unspecified atom stereocenters. The number of hydrogen-bond donors (Lipinski definition) is 2. The Morgan fingerprint density at radius 3 is 2.07 bits per heavy atom. The normalized spacial score (nSPS) is 10.6. The maximum atomic E-state index is 13.6. The van der Waals surface area contributed by atoms with Gasteiger partial charge >= 0.3 is 6.03 Å². The zero-order chi connectivity index (χ0) is 19.9. The topological polar surface area (TPSA) is 58.2 Å². The standard InChI is InChI=1S/C22H16F2N2O2/c23-17-10-6-15(20(24)14-17)9-13-21(27)16-7-11-19(12-8-16)26-22(28)25-18-4-2-1-3-5-18/h1-14H,(H2,25,26,28)/b13-9+. The van der Waals surface area contributed by atoms with Crippen molar-refractivity contribution in [1.82, 2.24) is 0 Å². The highest BCUT2D eigenvalue weighted by Crippen LogP contribution is 2.14. The zero-order valence-corrected chi connectivity index (χ0v) is 14.7. The number of hydrogen-bond acceptors (Lipinski definition) is 2. The van der Waals surface area contributed by atoms with Gasteiger partial charge in [0.25, 0.3) is 0 Å². The third kappa shape index (κ3) is 5.11. The van der Waals surface area contributed by atoms with Crippen LogP contribution in [0.5, 0.6) is 0 Å². The maximum Gasteiger partial charge on any atom is 0.323 e. The molecule has 0 saturated heterocycles. The number of para-hydroxylation sites is 1. The summed E-state index contributed by atoms with van der Waals surface area (Å²) < 4.78 is 26.5. The third-order valence-electron chi connectivity index (χ3n) is 3.84. The molecule has 3 rings (SSSR count). The van der Waals surface area contributed by atoms with E-state index in [-0.39, 0.29) is 11.3 Å². The van der Waals surface area contributed by atoms with Gasteiger partial charge in [0.05, 0.1) is 0 Å². The first kappa shape index (κ1) is 19.0. The van der Waals surface area contributed by atoms with Crippen molar-refractivity contribution in [1.29, 1.82) is 0 Å². The van der Waals surface area contributed by atoms with E-state index in [4.69, 9.17) is 0 Å². The van der Waals surface area contributed by atoms with Crippen molar-refractivity contribution >= 4 is 29.3 Å². The van der Waals surface area contributed by atoms with Gasteiger partial charge in [-0.2, -0.15) is 0 Å². The minimum atomic E-state index is -0.743. The largest absolute Gasteiger partial charge is 0.323 e. The van der Waals surface area contributed by atoms with Gasteiger partial charge in [-0.25, -0.2) is 13.6 Å². The van der Waals surface area contributed by atoms with Crippen LogP contribution in [0.1, 0.15) is 15.9 Å². The molecule has 2 amide bonds. The number of amides is 2. The molecule has 0 aromatic heterocycles. The number of allylic oxidation sites excluding steroid dienone is 1. The second kappa shape index (κ2) is 8.73. The van der Waals surface area contributed by atoms with E-state index in [1.807, 2.05) is 6.07 Å². The lowest BCUT2D eigenvalue weighted by Gasteiger charge is -2.07. The molecule has 0 aliphatic rings. The first-order valence-corrected chi connectivity index (χ1v) is 8.42. The van der Waals surface area contributed by atoms with Gasteiger partial charge in [0, 0.05) is 28.6 Å². The number of halogens is 2. The molecule has 3 aromatic carbocycles. The van der Waals surface area contributed by atoms with Crippen molar-refractivity contribution in [2.45, 2.75) is 0 Å². The molecule has 0 bridgehead atoms. The molecule has 0 spiro atoms. The highest BCUT2D eigenvalue weighted by molar-refractivity contribution is 6.07. The van der Waals surface area contributed by atoms with Crippen LogP contribution in [0.3, 0.4) is 0 Å². The van der Waals surface area contributed by atoms with Crippen LogP contribution < -0.4 is 10.6 Å². The van der Waals surface area contributed by atoms with E-state index in [9.17, 15) is 18.4 Å². The van der Waals surface area contributed by atoms with Gasteiger partial charge in [-0.3, -0.25) is 4.79 Å². The summed E-state index contributed by atoms with van der Waals surface area (Å²) in [5, 5.41) is 5.35. The number of benzene rings is 3. The molecule has 0 aliphatic carbocycles. The zero-order valence-electron chi connectivity index (χ0n) is 14.7. The summed E-state index contributed by atoms with van der Waals surface area (Å²) >= 11 is 0.